The van der Waals surface area contributed by atoms with Gasteiger partial charge in [0.25, 0.3) is 5.91 Å². The van der Waals surface area contributed by atoms with Crippen LogP contribution in [0.1, 0.15) is 44.4 Å². The van der Waals surface area contributed by atoms with E-state index >= 15 is 0 Å². The zero-order valence-corrected chi connectivity index (χ0v) is 28.0. The highest BCUT2D eigenvalue weighted by Crippen LogP contribution is 2.43. The number of fused-ring (bicyclic) bond motifs is 1. The molecule has 1 aliphatic heterocycles. The van der Waals surface area contributed by atoms with Crippen LogP contribution in [0.5, 0.6) is 17.2 Å². The van der Waals surface area contributed by atoms with Crippen molar-refractivity contribution < 1.29 is 19.0 Å². The van der Waals surface area contributed by atoms with Gasteiger partial charge in [-0.25, -0.2) is 4.68 Å². The van der Waals surface area contributed by atoms with Gasteiger partial charge in [-0.2, -0.15) is 4.98 Å². The van der Waals surface area contributed by atoms with E-state index in [1.807, 2.05) is 74.5 Å². The number of hydrogen-bond acceptors (Lipinski definition) is 8. The molecule has 4 aromatic rings. The van der Waals surface area contributed by atoms with Crippen molar-refractivity contribution >= 4 is 56.8 Å². The molecule has 0 spiro atoms. The van der Waals surface area contributed by atoms with E-state index in [1.165, 1.54) is 0 Å². The second-order valence-corrected chi connectivity index (χ2v) is 12.3. The fourth-order valence-electron chi connectivity index (χ4n) is 4.80. The molecular weight excluding hydrogens is 666 g/mol. The molecule has 44 heavy (non-hydrogen) atoms. The van der Waals surface area contributed by atoms with Crippen molar-refractivity contribution in [2.75, 3.05) is 30.1 Å². The Morgan fingerprint density at radius 2 is 1.89 bits per heavy atom. The van der Waals surface area contributed by atoms with Crippen molar-refractivity contribution in [1.29, 1.82) is 0 Å². The summed E-state index contributed by atoms with van der Waals surface area (Å²) in [7, 11) is 1.59. The summed E-state index contributed by atoms with van der Waals surface area (Å²) in [4.78, 5) is 18.8. The number of hydrogen-bond donors (Lipinski definition) is 2. The largest absolute Gasteiger partial charge is 0.493 e. The Bertz CT molecular complexity index is 1680. The molecule has 3 aromatic carbocycles. The molecule has 1 atom stereocenters. The number of amides is 1. The van der Waals surface area contributed by atoms with Crippen molar-refractivity contribution in [3.63, 3.8) is 0 Å². The summed E-state index contributed by atoms with van der Waals surface area (Å²) < 4.78 is 20.2. The first-order valence-electron chi connectivity index (χ1n) is 14.2. The van der Waals surface area contributed by atoms with Crippen LogP contribution in [0.4, 0.5) is 11.6 Å². The first-order chi connectivity index (χ1) is 21.3. The fraction of sp³-hybridized carbons (Fsp3) is 0.281. The van der Waals surface area contributed by atoms with E-state index in [9.17, 15) is 4.79 Å². The van der Waals surface area contributed by atoms with Crippen molar-refractivity contribution in [3.8, 4) is 17.2 Å². The summed E-state index contributed by atoms with van der Waals surface area (Å²) in [6.45, 7) is 6.66. The Hall–Kier alpha value is -3.67. The number of rotatable bonds is 12. The number of halogens is 2. The van der Waals surface area contributed by atoms with Crippen LogP contribution in [0.2, 0.25) is 5.02 Å². The zero-order valence-electron chi connectivity index (χ0n) is 24.8. The summed E-state index contributed by atoms with van der Waals surface area (Å²) in [6, 6.07) is 18.0. The van der Waals surface area contributed by atoms with Gasteiger partial charge in [-0.3, -0.25) is 4.79 Å². The summed E-state index contributed by atoms with van der Waals surface area (Å²) in [5.41, 5.74) is 3.43. The average molecular weight is 699 g/mol. The van der Waals surface area contributed by atoms with Crippen LogP contribution in [0.25, 0.3) is 0 Å². The number of benzene rings is 3. The van der Waals surface area contributed by atoms with E-state index in [2.05, 4.69) is 33.5 Å². The van der Waals surface area contributed by atoms with Crippen molar-refractivity contribution in [3.05, 3.63) is 92.6 Å². The van der Waals surface area contributed by atoms with Crippen LogP contribution in [0.15, 0.2) is 81.6 Å². The molecule has 1 aromatic heterocycles. The van der Waals surface area contributed by atoms with Crippen molar-refractivity contribution in [2.24, 2.45) is 0 Å². The lowest BCUT2D eigenvalue weighted by Crippen LogP contribution is -2.31. The summed E-state index contributed by atoms with van der Waals surface area (Å²) in [5.74, 6) is 2.76. The molecule has 230 valence electrons. The standard InChI is InChI=1S/C32H33BrClN5O4S/c1-5-15-44-32-37-31-35-19(3)27(30(40)36-24-9-7-8-10-25(24)42-6-2)28(39(31)38-32)21-16-23(33)29(26(17-21)41-4)43-18-20-11-13-22(34)14-12-20/h7-14,16-17,28H,5-6,15,18H2,1-4H3,(H,36,40)(H,35,37,38). The lowest BCUT2D eigenvalue weighted by atomic mass is 9.94. The molecule has 0 fully saturated rings. The van der Waals surface area contributed by atoms with Crippen LogP contribution < -0.4 is 24.8 Å². The van der Waals surface area contributed by atoms with Gasteiger partial charge in [-0.05, 0) is 83.7 Å². The Labute approximate surface area is 274 Å². The molecule has 2 N–H and O–H groups in total. The molecule has 0 aliphatic carbocycles. The predicted octanol–water partition coefficient (Wildman–Crippen LogP) is 8.11. The monoisotopic (exact) mass is 697 g/mol. The topological polar surface area (TPSA) is 99.5 Å². The van der Waals surface area contributed by atoms with Crippen molar-refractivity contribution in [1.82, 2.24) is 14.8 Å². The third kappa shape index (κ3) is 7.00. The molecule has 12 heteroatoms. The normalized spacial score (nSPS) is 14.1. The molecule has 0 radical (unpaired) electrons. The number of nitrogens with zero attached hydrogens (tertiary/aromatic N) is 3. The average Bonchev–Trinajstić information content (AvgIpc) is 3.42. The highest BCUT2D eigenvalue weighted by atomic mass is 79.9. The maximum Gasteiger partial charge on any atom is 0.255 e. The highest BCUT2D eigenvalue weighted by Gasteiger charge is 2.35. The maximum absolute atomic E-state index is 14.1. The first-order valence-corrected chi connectivity index (χ1v) is 16.3. The van der Waals surface area contributed by atoms with Crippen molar-refractivity contribution in [2.45, 2.75) is 45.0 Å². The molecule has 0 bridgehead atoms. The minimum absolute atomic E-state index is 0.297. The summed E-state index contributed by atoms with van der Waals surface area (Å²) in [5, 5.41) is 12.5. The van der Waals surface area contributed by atoms with E-state index in [1.54, 1.807) is 23.6 Å². The summed E-state index contributed by atoms with van der Waals surface area (Å²) in [6.07, 6.45) is 0.983. The van der Waals surface area contributed by atoms with Crippen LogP contribution >= 0.6 is 39.3 Å². The van der Waals surface area contributed by atoms with Gasteiger partial charge in [0.15, 0.2) is 11.5 Å². The van der Waals surface area contributed by atoms with E-state index in [0.717, 1.165) is 23.3 Å². The Morgan fingerprint density at radius 3 is 2.61 bits per heavy atom. The van der Waals surface area contributed by atoms with Gasteiger partial charge < -0.3 is 24.8 Å². The summed E-state index contributed by atoms with van der Waals surface area (Å²) >= 11 is 11.3. The molecule has 1 aliphatic rings. The molecule has 5 rings (SSSR count). The SMILES string of the molecule is CCCSc1nc2n(n1)C(c1cc(Br)c(OCc3ccc(Cl)cc3)c(OC)c1)C(C(=O)Nc1ccccc1OCC)=C(C)N2. The van der Waals surface area contributed by atoms with E-state index < -0.39 is 6.04 Å². The van der Waals surface area contributed by atoms with E-state index in [0.29, 0.717) is 68.0 Å². The smallest absolute Gasteiger partial charge is 0.255 e. The number of para-hydroxylation sites is 2. The number of thioether (sulfide) groups is 1. The maximum atomic E-state index is 14.1. The molecule has 0 saturated heterocycles. The molecule has 2 heterocycles. The third-order valence-corrected chi connectivity index (χ3v) is 8.70. The van der Waals surface area contributed by atoms with Crippen LogP contribution in [-0.4, -0.2) is 40.1 Å². The number of carbonyl (C=O) groups is 1. The van der Waals surface area contributed by atoms with E-state index in [-0.39, 0.29) is 5.91 Å². The second-order valence-electron chi connectivity index (χ2n) is 9.91. The Morgan fingerprint density at radius 1 is 1.11 bits per heavy atom. The number of aromatic nitrogens is 3. The Kier molecular flexibility index (Phi) is 10.4. The number of carbonyl (C=O) groups excluding carboxylic acids is 1. The highest BCUT2D eigenvalue weighted by molar-refractivity contribution is 9.10. The number of ether oxygens (including phenoxy) is 3. The van der Waals surface area contributed by atoms with Gasteiger partial charge in [-0.15, -0.1) is 5.10 Å². The molecular formula is C32H33BrClN5O4S. The van der Waals surface area contributed by atoms with Crippen LogP contribution in [-0.2, 0) is 11.4 Å². The molecule has 9 nitrogen and oxygen atoms in total. The number of nitrogens with one attached hydrogen (secondary N) is 2. The number of allylic oxidation sites excluding steroid dienone is 1. The number of methoxy groups -OCH3 is 1. The van der Waals surface area contributed by atoms with Gasteiger partial charge in [-0.1, -0.05) is 54.6 Å². The lowest BCUT2D eigenvalue weighted by molar-refractivity contribution is -0.113. The number of anilines is 2. The van der Waals surface area contributed by atoms with Crippen LogP contribution in [0.3, 0.4) is 0 Å². The predicted molar refractivity (Wildman–Crippen MR) is 178 cm³/mol. The molecule has 0 saturated carbocycles. The Balaban J connectivity index is 1.55. The van der Waals surface area contributed by atoms with Gasteiger partial charge in [0, 0.05) is 16.5 Å². The third-order valence-electron chi connectivity index (χ3n) is 6.81. The second kappa shape index (κ2) is 14.4. The van der Waals surface area contributed by atoms with Gasteiger partial charge in [0.2, 0.25) is 11.1 Å². The fourth-order valence-corrected chi connectivity index (χ4v) is 6.19. The van der Waals surface area contributed by atoms with E-state index in [4.69, 9.17) is 35.9 Å². The molecule has 1 unspecified atom stereocenters. The molecule has 1 amide bonds. The first kappa shape index (κ1) is 31.7. The lowest BCUT2D eigenvalue weighted by Gasteiger charge is -2.29. The quantitative estimate of drug-likeness (QED) is 0.143. The zero-order chi connectivity index (χ0) is 31.2. The minimum atomic E-state index is -0.621. The van der Waals surface area contributed by atoms with Gasteiger partial charge >= 0.3 is 0 Å². The van der Waals surface area contributed by atoms with Crippen LogP contribution in [0, 0.1) is 0 Å². The van der Waals surface area contributed by atoms with Gasteiger partial charge in [0.1, 0.15) is 18.4 Å². The van der Waals surface area contributed by atoms with Gasteiger partial charge in [0.05, 0.1) is 29.4 Å². The minimum Gasteiger partial charge on any atom is -0.493 e.